The van der Waals surface area contributed by atoms with Crippen LogP contribution in [-0.4, -0.2) is 48.9 Å². The Labute approximate surface area is 122 Å². The summed E-state index contributed by atoms with van der Waals surface area (Å²) in [6.45, 7) is 2.61. The highest BCUT2D eigenvalue weighted by molar-refractivity contribution is 6.41. The molecular formula is C14H17N3O4. The van der Waals surface area contributed by atoms with Crippen LogP contribution in [0, 0.1) is 0 Å². The Morgan fingerprint density at radius 3 is 2.62 bits per heavy atom. The van der Waals surface area contributed by atoms with E-state index in [1.54, 1.807) is 24.3 Å². The fraction of sp³-hybridized carbons (Fsp3) is 0.357. The largest absolute Gasteiger partial charge is 0.492 e. The number of amides is 3. The Bertz CT molecular complexity index is 573. The summed E-state index contributed by atoms with van der Waals surface area (Å²) in [6, 6.07) is 7.03. The minimum Gasteiger partial charge on any atom is -0.492 e. The van der Waals surface area contributed by atoms with E-state index in [-0.39, 0.29) is 13.1 Å². The molecule has 112 valence electrons. The van der Waals surface area contributed by atoms with E-state index in [0.717, 1.165) is 4.90 Å². The number of piperazine rings is 1. The molecule has 0 aromatic heterocycles. The van der Waals surface area contributed by atoms with Crippen molar-refractivity contribution in [2.24, 2.45) is 5.73 Å². The average molecular weight is 291 g/mol. The van der Waals surface area contributed by atoms with Gasteiger partial charge in [-0.15, -0.1) is 0 Å². The highest BCUT2D eigenvalue weighted by Crippen LogP contribution is 2.29. The zero-order valence-electron chi connectivity index (χ0n) is 11.7. The van der Waals surface area contributed by atoms with Crippen molar-refractivity contribution >= 4 is 23.4 Å². The van der Waals surface area contributed by atoms with Gasteiger partial charge >= 0.3 is 11.8 Å². The fourth-order valence-corrected chi connectivity index (χ4v) is 2.20. The highest BCUT2D eigenvalue weighted by atomic mass is 16.5. The maximum atomic E-state index is 12.2. The molecule has 1 aromatic carbocycles. The molecule has 0 radical (unpaired) electrons. The molecule has 0 saturated carbocycles. The van der Waals surface area contributed by atoms with Gasteiger partial charge < -0.3 is 15.4 Å². The number of nitrogens with two attached hydrogens (primary N) is 1. The van der Waals surface area contributed by atoms with Crippen LogP contribution >= 0.6 is 0 Å². The third-order valence-electron chi connectivity index (χ3n) is 3.11. The Balaban J connectivity index is 2.22. The van der Waals surface area contributed by atoms with E-state index in [0.29, 0.717) is 24.6 Å². The number of nitrogens with zero attached hydrogens (tertiary/aromatic N) is 2. The fourth-order valence-electron chi connectivity index (χ4n) is 2.20. The molecule has 0 atom stereocenters. The molecule has 1 fully saturated rings. The number of carbonyl (C=O) groups excluding carboxylic acids is 3. The first kappa shape index (κ1) is 14.8. The molecule has 7 nitrogen and oxygen atoms in total. The van der Waals surface area contributed by atoms with Crippen LogP contribution < -0.4 is 15.4 Å². The van der Waals surface area contributed by atoms with E-state index >= 15 is 0 Å². The molecule has 1 aliphatic heterocycles. The van der Waals surface area contributed by atoms with Crippen LogP contribution in [0.2, 0.25) is 0 Å². The predicted octanol–water partition coefficient (Wildman–Crippen LogP) is -0.254. The molecule has 1 aliphatic rings. The van der Waals surface area contributed by atoms with Gasteiger partial charge in [0.25, 0.3) is 0 Å². The van der Waals surface area contributed by atoms with E-state index in [4.69, 9.17) is 10.5 Å². The first-order valence-corrected chi connectivity index (χ1v) is 6.65. The van der Waals surface area contributed by atoms with Crippen molar-refractivity contribution in [2.45, 2.75) is 6.92 Å². The van der Waals surface area contributed by atoms with Gasteiger partial charge in [0, 0.05) is 13.1 Å². The Kier molecular flexibility index (Phi) is 4.42. The average Bonchev–Trinajstić information content (AvgIpc) is 2.45. The number of primary amides is 1. The molecule has 1 saturated heterocycles. The number of benzene rings is 1. The van der Waals surface area contributed by atoms with Gasteiger partial charge in [-0.3, -0.25) is 19.3 Å². The molecule has 2 N–H and O–H groups in total. The standard InChI is InChI=1S/C14H17N3O4/c1-2-21-11-6-4-3-5-10(11)17-8-7-16(9-12(15)18)13(19)14(17)20/h3-6H,2,7-9H2,1H3,(H2,15,18). The summed E-state index contributed by atoms with van der Waals surface area (Å²) in [5, 5.41) is 0. The van der Waals surface area contributed by atoms with Crippen molar-refractivity contribution in [3.63, 3.8) is 0 Å². The Hall–Kier alpha value is -2.57. The van der Waals surface area contributed by atoms with Gasteiger partial charge in [-0.2, -0.15) is 0 Å². The summed E-state index contributed by atoms with van der Waals surface area (Å²) in [6.07, 6.45) is 0. The topological polar surface area (TPSA) is 92.9 Å². The van der Waals surface area contributed by atoms with Gasteiger partial charge in [-0.25, -0.2) is 0 Å². The number of carbonyl (C=O) groups is 3. The molecule has 0 unspecified atom stereocenters. The first-order chi connectivity index (χ1) is 10.0. The lowest BCUT2D eigenvalue weighted by molar-refractivity contribution is -0.147. The molecular weight excluding hydrogens is 274 g/mol. The lowest BCUT2D eigenvalue weighted by Gasteiger charge is -2.33. The lowest BCUT2D eigenvalue weighted by Crippen LogP contribution is -2.56. The number of anilines is 1. The van der Waals surface area contributed by atoms with Crippen molar-refractivity contribution in [1.82, 2.24) is 4.90 Å². The minimum atomic E-state index is -0.730. The number of para-hydroxylation sites is 2. The molecule has 1 heterocycles. The third kappa shape index (κ3) is 3.13. The Morgan fingerprint density at radius 1 is 1.24 bits per heavy atom. The van der Waals surface area contributed by atoms with Crippen molar-refractivity contribution in [2.75, 3.05) is 31.1 Å². The van der Waals surface area contributed by atoms with Crippen LogP contribution in [0.4, 0.5) is 5.69 Å². The quantitative estimate of drug-likeness (QED) is 0.757. The molecule has 21 heavy (non-hydrogen) atoms. The second-order valence-corrected chi connectivity index (χ2v) is 4.55. The normalized spacial score (nSPS) is 15.3. The molecule has 0 spiro atoms. The maximum absolute atomic E-state index is 12.2. The van der Waals surface area contributed by atoms with Crippen molar-refractivity contribution in [1.29, 1.82) is 0 Å². The third-order valence-corrected chi connectivity index (χ3v) is 3.11. The zero-order chi connectivity index (χ0) is 15.4. The summed E-state index contributed by atoms with van der Waals surface area (Å²) in [5.41, 5.74) is 5.61. The molecule has 2 rings (SSSR count). The van der Waals surface area contributed by atoms with Crippen LogP contribution in [0.5, 0.6) is 5.75 Å². The van der Waals surface area contributed by atoms with Gasteiger partial charge in [0.05, 0.1) is 18.8 Å². The highest BCUT2D eigenvalue weighted by Gasteiger charge is 2.34. The molecule has 0 aliphatic carbocycles. The van der Waals surface area contributed by atoms with Gasteiger partial charge in [0.1, 0.15) is 5.75 Å². The van der Waals surface area contributed by atoms with Gasteiger partial charge in [0.15, 0.2) is 0 Å². The summed E-state index contributed by atoms with van der Waals surface area (Å²) in [7, 11) is 0. The zero-order valence-corrected chi connectivity index (χ0v) is 11.7. The second-order valence-electron chi connectivity index (χ2n) is 4.55. The minimum absolute atomic E-state index is 0.245. The van der Waals surface area contributed by atoms with Crippen LogP contribution in [0.15, 0.2) is 24.3 Å². The number of hydrogen-bond acceptors (Lipinski definition) is 4. The Morgan fingerprint density at radius 2 is 1.95 bits per heavy atom. The SMILES string of the molecule is CCOc1ccccc1N1CCN(CC(N)=O)C(=O)C1=O. The monoisotopic (exact) mass is 291 g/mol. The van der Waals surface area contributed by atoms with E-state index in [2.05, 4.69) is 0 Å². The number of rotatable bonds is 5. The van der Waals surface area contributed by atoms with Gasteiger partial charge in [0.2, 0.25) is 5.91 Å². The summed E-state index contributed by atoms with van der Waals surface area (Å²) in [4.78, 5) is 37.6. The molecule has 0 bridgehead atoms. The smallest absolute Gasteiger partial charge is 0.316 e. The predicted molar refractivity (Wildman–Crippen MR) is 75.7 cm³/mol. The lowest BCUT2D eigenvalue weighted by atomic mass is 10.2. The first-order valence-electron chi connectivity index (χ1n) is 6.65. The molecule has 7 heteroatoms. The number of ether oxygens (including phenoxy) is 1. The van der Waals surface area contributed by atoms with Crippen LogP contribution in [-0.2, 0) is 14.4 Å². The van der Waals surface area contributed by atoms with Crippen LogP contribution in [0.25, 0.3) is 0 Å². The van der Waals surface area contributed by atoms with Crippen molar-refractivity contribution in [3.05, 3.63) is 24.3 Å². The number of hydrogen-bond donors (Lipinski definition) is 1. The second kappa shape index (κ2) is 6.25. The van der Waals surface area contributed by atoms with Crippen molar-refractivity contribution in [3.8, 4) is 5.75 Å². The van der Waals surface area contributed by atoms with E-state index in [9.17, 15) is 14.4 Å². The molecule has 3 amide bonds. The van der Waals surface area contributed by atoms with Gasteiger partial charge in [-0.1, -0.05) is 12.1 Å². The van der Waals surface area contributed by atoms with Crippen LogP contribution in [0.1, 0.15) is 6.92 Å². The van der Waals surface area contributed by atoms with E-state index < -0.39 is 17.7 Å². The molecule has 1 aromatic rings. The van der Waals surface area contributed by atoms with Gasteiger partial charge in [-0.05, 0) is 19.1 Å². The maximum Gasteiger partial charge on any atom is 0.316 e. The summed E-state index contributed by atoms with van der Waals surface area (Å²) in [5.74, 6) is -1.51. The summed E-state index contributed by atoms with van der Waals surface area (Å²) < 4.78 is 5.47. The summed E-state index contributed by atoms with van der Waals surface area (Å²) >= 11 is 0. The van der Waals surface area contributed by atoms with Crippen LogP contribution in [0.3, 0.4) is 0 Å². The van der Waals surface area contributed by atoms with E-state index in [1.165, 1.54) is 4.90 Å². The van der Waals surface area contributed by atoms with Crippen molar-refractivity contribution < 1.29 is 19.1 Å². The van der Waals surface area contributed by atoms with E-state index in [1.807, 2.05) is 6.92 Å².